The Morgan fingerprint density at radius 1 is 1.29 bits per heavy atom. The first-order valence-corrected chi connectivity index (χ1v) is 8.20. The largest absolute Gasteiger partial charge is 0.516 e. The van der Waals surface area contributed by atoms with Gasteiger partial charge in [0.25, 0.3) is 0 Å². The molecule has 0 aliphatic carbocycles. The molecule has 6 nitrogen and oxygen atoms in total. The molecule has 0 saturated heterocycles. The van der Waals surface area contributed by atoms with Gasteiger partial charge in [-0.05, 0) is 12.5 Å². The van der Waals surface area contributed by atoms with E-state index in [0.717, 1.165) is 0 Å². The van der Waals surface area contributed by atoms with Gasteiger partial charge >= 0.3 is 21.7 Å². The van der Waals surface area contributed by atoms with Crippen LogP contribution in [0.1, 0.15) is 20.8 Å². The van der Waals surface area contributed by atoms with Gasteiger partial charge in [0.15, 0.2) is 0 Å². The summed E-state index contributed by atoms with van der Waals surface area (Å²) >= 11 is 0. The zero-order valence-corrected chi connectivity index (χ0v) is 12.0. The van der Waals surface area contributed by atoms with Gasteiger partial charge in [0, 0.05) is 0 Å². The van der Waals surface area contributed by atoms with Crippen LogP contribution in [0.5, 0.6) is 0 Å². The van der Waals surface area contributed by atoms with Crippen LogP contribution in [0, 0.1) is 0 Å². The Morgan fingerprint density at radius 3 is 2.29 bits per heavy atom. The molecule has 1 atom stereocenters. The van der Waals surface area contributed by atoms with Crippen molar-refractivity contribution in [3.63, 3.8) is 0 Å². The second kappa shape index (κ2) is 7.63. The Labute approximate surface area is 103 Å². The third kappa shape index (κ3) is 9.09. The van der Waals surface area contributed by atoms with E-state index in [0.29, 0.717) is 0 Å². The number of esters is 1. The fourth-order valence-electron chi connectivity index (χ4n) is 0.882. The molecule has 1 N–H and O–H groups in total. The van der Waals surface area contributed by atoms with Crippen LogP contribution >= 0.6 is 7.37 Å². The van der Waals surface area contributed by atoms with Crippen LogP contribution in [-0.2, 0) is 23.3 Å². The van der Waals surface area contributed by atoms with Crippen molar-refractivity contribution in [1.82, 2.24) is 0 Å². The minimum Gasteiger partial charge on any atom is -0.516 e. The van der Waals surface area contributed by atoms with E-state index in [1.165, 1.54) is 0 Å². The maximum Gasteiger partial charge on any atom is 0.317 e. The zero-order valence-electron chi connectivity index (χ0n) is 10.1. The maximum atomic E-state index is 11.5. The summed E-state index contributed by atoms with van der Waals surface area (Å²) in [6.07, 6.45) is -1.30. The van der Waals surface area contributed by atoms with Crippen molar-refractivity contribution in [1.29, 1.82) is 0 Å². The van der Waals surface area contributed by atoms with Crippen LogP contribution in [-0.4, -0.2) is 45.5 Å². The van der Waals surface area contributed by atoms with E-state index >= 15 is 0 Å². The maximum absolute atomic E-state index is 11.5. The van der Waals surface area contributed by atoms with Gasteiger partial charge in [0.1, 0.15) is 12.3 Å². The molecule has 0 rings (SSSR count). The highest BCUT2D eigenvalue weighted by Crippen LogP contribution is 2.40. The van der Waals surface area contributed by atoms with Crippen LogP contribution in [0.3, 0.4) is 0 Å². The van der Waals surface area contributed by atoms with Crippen LogP contribution in [0.25, 0.3) is 0 Å². The molecule has 0 fully saturated rings. The first-order valence-electron chi connectivity index (χ1n) is 5.18. The van der Waals surface area contributed by atoms with Crippen molar-refractivity contribution in [2.45, 2.75) is 26.3 Å². The van der Waals surface area contributed by atoms with E-state index in [-0.39, 0.29) is 21.9 Å². The molecule has 0 aromatic rings. The molecule has 0 aliphatic rings. The summed E-state index contributed by atoms with van der Waals surface area (Å²) in [5, 5.41) is 0. The fraction of sp³-hybridized carbons (Fsp3) is 0.778. The zero-order chi connectivity index (χ0) is 13.5. The van der Waals surface area contributed by atoms with E-state index in [2.05, 4.69) is 4.74 Å². The number of ether oxygens (including phenoxy) is 1. The summed E-state index contributed by atoms with van der Waals surface area (Å²) in [5.74, 6) is -1.54. The Hall–Kier alpha value is -0.653. The van der Waals surface area contributed by atoms with E-state index in [4.69, 9.17) is 4.43 Å². The molecule has 98 valence electrons. The monoisotopic (exact) mass is 280 g/mol. The van der Waals surface area contributed by atoms with Crippen molar-refractivity contribution in [2.24, 2.45) is 0 Å². The van der Waals surface area contributed by atoms with Crippen LogP contribution in [0.2, 0.25) is 5.54 Å². The quantitative estimate of drug-likeness (QED) is 0.421. The number of rotatable bonds is 7. The minimum absolute atomic E-state index is 0.0468. The number of hydrogen-bond donors (Lipinski definition) is 1. The molecule has 0 spiro atoms. The predicted molar refractivity (Wildman–Crippen MR) is 63.1 cm³/mol. The first kappa shape index (κ1) is 16.3. The van der Waals surface area contributed by atoms with Gasteiger partial charge in [-0.15, -0.1) is 0 Å². The van der Waals surface area contributed by atoms with Crippen molar-refractivity contribution in [3.8, 4) is 0 Å². The number of carbonyl (C=O) groups excluding carboxylic acids is 2. The van der Waals surface area contributed by atoms with Crippen LogP contribution < -0.4 is 0 Å². The Kier molecular flexibility index (Phi) is 7.34. The highest BCUT2D eigenvalue weighted by atomic mass is 31.2. The van der Waals surface area contributed by atoms with E-state index in [1.54, 1.807) is 6.92 Å². The fourth-order valence-corrected chi connectivity index (χ4v) is 2.52. The molecule has 0 aliphatic heterocycles. The highest BCUT2D eigenvalue weighted by molar-refractivity contribution is 7.59. The Bertz CT molecular complexity index is 317. The molecule has 0 heterocycles. The van der Waals surface area contributed by atoms with E-state index in [9.17, 15) is 19.0 Å². The topological polar surface area (TPSA) is 89.9 Å². The summed E-state index contributed by atoms with van der Waals surface area (Å²) in [5.41, 5.74) is 0.182. The van der Waals surface area contributed by atoms with Crippen molar-refractivity contribution in [2.75, 3.05) is 18.9 Å². The smallest absolute Gasteiger partial charge is 0.317 e. The lowest BCUT2D eigenvalue weighted by atomic mass is 10.6. The molecule has 17 heavy (non-hydrogen) atoms. The molecule has 0 aromatic carbocycles. The highest BCUT2D eigenvalue weighted by Gasteiger charge is 2.28. The van der Waals surface area contributed by atoms with Gasteiger partial charge in [-0.25, -0.2) is 0 Å². The summed E-state index contributed by atoms with van der Waals surface area (Å²) in [7, 11) is -3.89. The predicted octanol–water partition coefficient (Wildman–Crippen LogP) is 0.811. The number of hydrogen-bond acceptors (Lipinski definition) is 5. The minimum atomic E-state index is -3.84. The van der Waals surface area contributed by atoms with Gasteiger partial charge in [0.05, 0.1) is 6.61 Å². The van der Waals surface area contributed by atoms with Gasteiger partial charge in [-0.3, -0.25) is 14.2 Å². The van der Waals surface area contributed by atoms with Gasteiger partial charge in [-0.2, -0.15) is 0 Å². The Balaban J connectivity index is 4.11. The van der Waals surface area contributed by atoms with E-state index < -0.39 is 31.6 Å². The van der Waals surface area contributed by atoms with Crippen LogP contribution in [0.4, 0.5) is 0 Å². The molecular formula is C9H17O6PSi. The molecule has 0 saturated carbocycles. The van der Waals surface area contributed by atoms with Gasteiger partial charge < -0.3 is 14.1 Å². The summed E-state index contributed by atoms with van der Waals surface area (Å²) < 4.78 is 20.8. The second-order valence-electron chi connectivity index (χ2n) is 3.71. The van der Waals surface area contributed by atoms with Crippen molar-refractivity contribution in [3.05, 3.63) is 0 Å². The molecule has 0 amide bonds. The molecule has 0 aromatic heterocycles. The third-order valence-corrected chi connectivity index (χ3v) is 3.79. The summed E-state index contributed by atoms with van der Waals surface area (Å²) in [6, 6.07) is 0. The normalized spacial score (nSPS) is 14.2. The molecule has 2 radical (unpaired) electrons. The molecule has 0 bridgehead atoms. The Morgan fingerprint density at radius 2 is 1.82 bits per heavy atom. The lowest BCUT2D eigenvalue weighted by Gasteiger charge is -2.11. The average molecular weight is 280 g/mol. The van der Waals surface area contributed by atoms with Crippen molar-refractivity contribution >= 4 is 29.1 Å². The number of carbonyl (C=O) groups is 2. The third-order valence-electron chi connectivity index (χ3n) is 1.47. The summed E-state index contributed by atoms with van der Waals surface area (Å²) in [6.45, 7) is 5.46. The van der Waals surface area contributed by atoms with Crippen LogP contribution in [0.15, 0.2) is 0 Å². The first-order chi connectivity index (χ1) is 7.76. The lowest BCUT2D eigenvalue weighted by molar-refractivity contribution is -0.140. The SMILES string of the molecule is CCOC(=O)CP(=O)(O)CC(=O)O[Si]C(C)C. The van der Waals surface area contributed by atoms with Gasteiger partial charge in [0.2, 0.25) is 7.37 Å². The van der Waals surface area contributed by atoms with E-state index in [1.807, 2.05) is 13.8 Å². The summed E-state index contributed by atoms with van der Waals surface area (Å²) in [4.78, 5) is 31.6. The standard InChI is InChI=1S/C9H17O6PSi/c1-4-14-8(10)5-16(12,13)6-9(11)15-17-7(2)3/h7H,4-6H2,1-3H3,(H,12,13). The molecule has 1 unspecified atom stereocenters. The molecule has 8 heteroatoms. The van der Waals surface area contributed by atoms with Crippen molar-refractivity contribution < 1.29 is 28.2 Å². The second-order valence-corrected chi connectivity index (χ2v) is 7.63. The van der Waals surface area contributed by atoms with Gasteiger partial charge in [-0.1, -0.05) is 13.8 Å². The lowest BCUT2D eigenvalue weighted by Crippen LogP contribution is -2.18. The molecular weight excluding hydrogens is 263 g/mol. The average Bonchev–Trinajstić information content (AvgIpc) is 2.13.